The maximum atomic E-state index is 12.6. The fourth-order valence-electron chi connectivity index (χ4n) is 2.97. The average molecular weight is 332 g/mol. The molecule has 2 heterocycles. The summed E-state index contributed by atoms with van der Waals surface area (Å²) in [5.41, 5.74) is 6.29. The van der Waals surface area contributed by atoms with Crippen molar-refractivity contribution in [1.82, 2.24) is 15.5 Å². The highest BCUT2D eigenvalue weighted by Crippen LogP contribution is 2.35. The maximum absolute atomic E-state index is 12.6. The highest BCUT2D eigenvalue weighted by molar-refractivity contribution is 6.05. The second-order valence-corrected chi connectivity index (χ2v) is 5.69. The molecule has 2 atom stereocenters. The predicted octanol–water partition coefficient (Wildman–Crippen LogP) is -0.893. The number of benzene rings is 1. The third-order valence-corrected chi connectivity index (χ3v) is 4.14. The summed E-state index contributed by atoms with van der Waals surface area (Å²) < 4.78 is 0. The number of nitrogens with two attached hydrogens (primary N) is 1. The summed E-state index contributed by atoms with van der Waals surface area (Å²) in [7, 11) is 0. The Labute approximate surface area is 136 Å². The van der Waals surface area contributed by atoms with E-state index in [9.17, 15) is 24.3 Å². The lowest BCUT2D eigenvalue weighted by Gasteiger charge is -2.31. The van der Waals surface area contributed by atoms with Crippen LogP contribution in [0.2, 0.25) is 0 Å². The van der Waals surface area contributed by atoms with Crippen LogP contribution in [0.3, 0.4) is 0 Å². The van der Waals surface area contributed by atoms with Crippen LogP contribution in [-0.2, 0) is 16.1 Å². The van der Waals surface area contributed by atoms with Crippen molar-refractivity contribution >= 4 is 23.8 Å². The summed E-state index contributed by atoms with van der Waals surface area (Å²) in [4.78, 5) is 47.7. The number of rotatable bonds is 3. The topological polar surface area (TPSA) is 142 Å². The molecule has 3 rings (SSSR count). The summed E-state index contributed by atoms with van der Waals surface area (Å²) in [6, 6.07) is 3.18. The summed E-state index contributed by atoms with van der Waals surface area (Å²) in [6.45, 7) is 0.143. The van der Waals surface area contributed by atoms with Crippen LogP contribution < -0.4 is 16.4 Å². The Morgan fingerprint density at radius 3 is 2.79 bits per heavy atom. The number of carbonyl (C=O) groups is 4. The lowest BCUT2D eigenvalue weighted by atomic mass is 10.0. The molecule has 0 saturated carbocycles. The number of imide groups is 1. The van der Waals surface area contributed by atoms with E-state index in [4.69, 9.17) is 5.73 Å². The second-order valence-electron chi connectivity index (χ2n) is 5.69. The maximum Gasteiger partial charge on any atom is 0.312 e. The number of hydrogen-bond donors (Lipinski definition) is 4. The molecular formula is C15H16N4O5. The Morgan fingerprint density at radius 2 is 2.12 bits per heavy atom. The van der Waals surface area contributed by atoms with Crippen molar-refractivity contribution in [2.24, 2.45) is 5.73 Å². The van der Waals surface area contributed by atoms with Crippen molar-refractivity contribution in [3.05, 3.63) is 34.9 Å². The first-order valence-electron chi connectivity index (χ1n) is 7.39. The summed E-state index contributed by atoms with van der Waals surface area (Å²) in [5.74, 6) is -1.48. The fraction of sp³-hybridized carbons (Fsp3) is 0.333. The van der Waals surface area contributed by atoms with Gasteiger partial charge in [0.2, 0.25) is 11.8 Å². The molecule has 1 saturated heterocycles. The van der Waals surface area contributed by atoms with Gasteiger partial charge in [0, 0.05) is 24.1 Å². The molecule has 2 aliphatic rings. The van der Waals surface area contributed by atoms with Gasteiger partial charge >= 0.3 is 6.03 Å². The van der Waals surface area contributed by atoms with Crippen LogP contribution >= 0.6 is 0 Å². The first kappa shape index (κ1) is 15.9. The molecule has 5 amide bonds. The van der Waals surface area contributed by atoms with Crippen LogP contribution in [0.5, 0.6) is 0 Å². The fourth-order valence-corrected chi connectivity index (χ4v) is 2.97. The Hall–Kier alpha value is -2.94. The van der Waals surface area contributed by atoms with Crippen molar-refractivity contribution in [2.75, 3.05) is 0 Å². The van der Waals surface area contributed by atoms with Gasteiger partial charge in [0.05, 0.1) is 0 Å². The Morgan fingerprint density at radius 1 is 1.38 bits per heavy atom. The van der Waals surface area contributed by atoms with E-state index in [0.29, 0.717) is 11.1 Å². The molecule has 9 heteroatoms. The minimum Gasteiger partial charge on any atom is -0.369 e. The molecule has 0 aromatic heterocycles. The van der Waals surface area contributed by atoms with Gasteiger partial charge in [-0.05, 0) is 18.1 Å². The molecule has 0 aliphatic carbocycles. The second kappa shape index (κ2) is 5.93. The number of aliphatic hydroxyl groups excluding tert-OH is 1. The van der Waals surface area contributed by atoms with E-state index >= 15 is 0 Å². The monoisotopic (exact) mass is 332 g/mol. The summed E-state index contributed by atoms with van der Waals surface area (Å²) in [5, 5.41) is 15.0. The van der Waals surface area contributed by atoms with E-state index in [1.165, 1.54) is 0 Å². The Kier molecular flexibility index (Phi) is 3.94. The lowest BCUT2D eigenvalue weighted by molar-refractivity contribution is -0.139. The first-order chi connectivity index (χ1) is 11.4. The molecule has 5 N–H and O–H groups in total. The standard InChI is InChI=1S/C15H16N4O5/c16-15(24)17-6-7-1-2-8-9(5-7)14(23)19(13(8)22)10-3-4-11(20)18-12(10)21/h1-2,5,10,13,22H,3-4,6H2,(H3,16,17,24)(H,18,20,21). The molecule has 126 valence electrons. The average Bonchev–Trinajstić information content (AvgIpc) is 2.77. The van der Waals surface area contributed by atoms with Crippen LogP contribution in [0.4, 0.5) is 4.79 Å². The van der Waals surface area contributed by atoms with Gasteiger partial charge in [-0.1, -0.05) is 12.1 Å². The molecule has 0 bridgehead atoms. The molecule has 0 radical (unpaired) electrons. The summed E-state index contributed by atoms with van der Waals surface area (Å²) in [6.07, 6.45) is -0.983. The number of fused-ring (bicyclic) bond motifs is 1. The molecule has 24 heavy (non-hydrogen) atoms. The highest BCUT2D eigenvalue weighted by Gasteiger charge is 2.44. The number of carbonyl (C=O) groups excluding carboxylic acids is 4. The predicted molar refractivity (Wildman–Crippen MR) is 80.2 cm³/mol. The van der Waals surface area contributed by atoms with Gasteiger partial charge in [0.25, 0.3) is 5.91 Å². The number of aliphatic hydroxyl groups is 1. The molecular weight excluding hydrogens is 316 g/mol. The van der Waals surface area contributed by atoms with Gasteiger partial charge in [-0.15, -0.1) is 0 Å². The molecule has 1 aromatic carbocycles. The lowest BCUT2D eigenvalue weighted by Crippen LogP contribution is -2.53. The van der Waals surface area contributed by atoms with Gasteiger partial charge in [0.15, 0.2) is 6.23 Å². The van der Waals surface area contributed by atoms with Gasteiger partial charge < -0.3 is 16.2 Å². The van der Waals surface area contributed by atoms with E-state index in [-0.39, 0.29) is 24.9 Å². The smallest absolute Gasteiger partial charge is 0.312 e. The van der Waals surface area contributed by atoms with Gasteiger partial charge in [-0.2, -0.15) is 0 Å². The zero-order valence-electron chi connectivity index (χ0n) is 12.6. The zero-order chi connectivity index (χ0) is 17.4. The van der Waals surface area contributed by atoms with E-state index in [1.54, 1.807) is 18.2 Å². The van der Waals surface area contributed by atoms with E-state index in [2.05, 4.69) is 10.6 Å². The largest absolute Gasteiger partial charge is 0.369 e. The third kappa shape index (κ3) is 2.69. The Balaban J connectivity index is 1.85. The minimum absolute atomic E-state index is 0.108. The van der Waals surface area contributed by atoms with Crippen molar-refractivity contribution in [3.8, 4) is 0 Å². The first-order valence-corrected chi connectivity index (χ1v) is 7.39. The number of nitrogens with zero attached hydrogens (tertiary/aromatic N) is 1. The number of amides is 5. The minimum atomic E-state index is -1.25. The molecule has 0 spiro atoms. The number of primary amides is 1. The number of nitrogens with one attached hydrogen (secondary N) is 2. The third-order valence-electron chi connectivity index (χ3n) is 4.14. The van der Waals surface area contributed by atoms with Crippen LogP contribution in [0.15, 0.2) is 18.2 Å². The number of piperidine rings is 1. The van der Waals surface area contributed by atoms with Crippen LogP contribution in [0.25, 0.3) is 0 Å². The molecule has 2 aliphatic heterocycles. The summed E-state index contributed by atoms with van der Waals surface area (Å²) >= 11 is 0. The van der Waals surface area contributed by atoms with Crippen molar-refractivity contribution in [2.45, 2.75) is 31.7 Å². The van der Waals surface area contributed by atoms with Gasteiger partial charge in [0.1, 0.15) is 6.04 Å². The van der Waals surface area contributed by atoms with Crippen molar-refractivity contribution in [3.63, 3.8) is 0 Å². The Bertz CT molecular complexity index is 747. The quantitative estimate of drug-likeness (QED) is 0.531. The van der Waals surface area contributed by atoms with E-state index in [0.717, 1.165) is 4.90 Å². The highest BCUT2D eigenvalue weighted by atomic mass is 16.3. The van der Waals surface area contributed by atoms with Crippen molar-refractivity contribution in [1.29, 1.82) is 0 Å². The SMILES string of the molecule is NC(=O)NCc1ccc2c(c1)C(=O)N(C1CCC(=O)NC1=O)C2O. The van der Waals surface area contributed by atoms with Crippen LogP contribution in [0, 0.1) is 0 Å². The van der Waals surface area contributed by atoms with Gasteiger partial charge in [-0.3, -0.25) is 24.6 Å². The van der Waals surface area contributed by atoms with Gasteiger partial charge in [-0.25, -0.2) is 4.79 Å². The van der Waals surface area contributed by atoms with E-state index in [1.807, 2.05) is 0 Å². The van der Waals surface area contributed by atoms with Crippen LogP contribution in [0.1, 0.15) is 40.6 Å². The molecule has 1 fully saturated rings. The molecule has 9 nitrogen and oxygen atoms in total. The number of urea groups is 1. The molecule has 2 unspecified atom stereocenters. The van der Waals surface area contributed by atoms with E-state index < -0.39 is 36.0 Å². The number of hydrogen-bond acceptors (Lipinski definition) is 5. The van der Waals surface area contributed by atoms with Crippen LogP contribution in [-0.4, -0.2) is 39.8 Å². The molecule has 1 aromatic rings. The normalized spacial score (nSPS) is 23.0. The van der Waals surface area contributed by atoms with Crippen molar-refractivity contribution < 1.29 is 24.3 Å². The zero-order valence-corrected chi connectivity index (χ0v) is 12.6.